The van der Waals surface area contributed by atoms with Gasteiger partial charge in [-0.25, -0.2) is 4.98 Å². The van der Waals surface area contributed by atoms with Gasteiger partial charge in [0.25, 0.3) is 0 Å². The Morgan fingerprint density at radius 1 is 1.58 bits per heavy atom. The van der Waals surface area contributed by atoms with Crippen LogP contribution in [0.15, 0.2) is 24.7 Å². The second-order valence-corrected chi connectivity index (χ2v) is 2.49. The largest absolute Gasteiger partial charge is 0.397 e. The number of aldehydes is 1. The van der Waals surface area contributed by atoms with Crippen molar-refractivity contribution in [3.8, 4) is 0 Å². The molecule has 4 nitrogen and oxygen atoms in total. The van der Waals surface area contributed by atoms with E-state index in [1.807, 2.05) is 0 Å². The number of carbonyl (C=O) groups is 1. The molecule has 0 fully saturated rings. The van der Waals surface area contributed by atoms with Crippen molar-refractivity contribution in [2.24, 2.45) is 0 Å². The van der Waals surface area contributed by atoms with E-state index in [2.05, 4.69) is 4.98 Å². The standard InChI is InChI=1S/C8H7N3O/c9-7-4-11-2-1-10-8(11)3-6(7)5-12/h1-5H,9H2. The van der Waals surface area contributed by atoms with Gasteiger partial charge in [0, 0.05) is 24.2 Å². The molecule has 2 N–H and O–H groups in total. The first kappa shape index (κ1) is 6.84. The Balaban J connectivity index is 2.81. The molecule has 0 amide bonds. The first-order valence-corrected chi connectivity index (χ1v) is 3.48. The molecule has 0 aliphatic carbocycles. The fourth-order valence-corrected chi connectivity index (χ4v) is 1.09. The first-order chi connectivity index (χ1) is 5.81. The van der Waals surface area contributed by atoms with Crippen LogP contribution in [-0.2, 0) is 0 Å². The number of fused-ring (bicyclic) bond motifs is 1. The molecule has 2 aromatic heterocycles. The van der Waals surface area contributed by atoms with Crippen LogP contribution in [0.1, 0.15) is 10.4 Å². The minimum Gasteiger partial charge on any atom is -0.397 e. The maximum atomic E-state index is 10.5. The van der Waals surface area contributed by atoms with Crippen LogP contribution in [0.3, 0.4) is 0 Å². The van der Waals surface area contributed by atoms with Crippen molar-refractivity contribution in [1.29, 1.82) is 0 Å². The molecule has 4 heteroatoms. The van der Waals surface area contributed by atoms with E-state index in [0.29, 0.717) is 11.3 Å². The number of imidazole rings is 1. The molecule has 0 saturated heterocycles. The predicted molar refractivity (Wildman–Crippen MR) is 45.0 cm³/mol. The Labute approximate surface area is 68.6 Å². The molecule has 0 unspecified atom stereocenters. The Bertz CT molecular complexity index is 433. The van der Waals surface area contributed by atoms with Gasteiger partial charge in [0.05, 0.1) is 5.69 Å². The van der Waals surface area contributed by atoms with E-state index in [0.717, 1.165) is 11.9 Å². The van der Waals surface area contributed by atoms with Gasteiger partial charge in [-0.15, -0.1) is 0 Å². The molecule has 0 aromatic carbocycles. The van der Waals surface area contributed by atoms with Crippen molar-refractivity contribution in [3.63, 3.8) is 0 Å². The number of pyridine rings is 1. The second-order valence-electron chi connectivity index (χ2n) is 2.49. The lowest BCUT2D eigenvalue weighted by atomic mass is 10.2. The molecule has 2 rings (SSSR count). The maximum Gasteiger partial charge on any atom is 0.152 e. The summed E-state index contributed by atoms with van der Waals surface area (Å²) < 4.78 is 1.77. The summed E-state index contributed by atoms with van der Waals surface area (Å²) in [6.45, 7) is 0. The van der Waals surface area contributed by atoms with Crippen LogP contribution in [0.2, 0.25) is 0 Å². The summed E-state index contributed by atoms with van der Waals surface area (Å²) in [5.41, 5.74) is 7.25. The van der Waals surface area contributed by atoms with E-state index in [-0.39, 0.29) is 0 Å². The van der Waals surface area contributed by atoms with Gasteiger partial charge in [0.2, 0.25) is 0 Å². The van der Waals surface area contributed by atoms with Gasteiger partial charge in [0.15, 0.2) is 6.29 Å². The van der Waals surface area contributed by atoms with E-state index in [4.69, 9.17) is 5.73 Å². The van der Waals surface area contributed by atoms with Gasteiger partial charge < -0.3 is 10.1 Å². The molecular formula is C8H7N3O. The summed E-state index contributed by atoms with van der Waals surface area (Å²) in [4.78, 5) is 14.5. The van der Waals surface area contributed by atoms with Crippen LogP contribution in [0.4, 0.5) is 5.69 Å². The minimum absolute atomic E-state index is 0.468. The minimum atomic E-state index is 0.468. The second kappa shape index (κ2) is 2.34. The number of anilines is 1. The Morgan fingerprint density at radius 2 is 2.42 bits per heavy atom. The highest BCUT2D eigenvalue weighted by molar-refractivity contribution is 5.84. The lowest BCUT2D eigenvalue weighted by molar-refractivity contribution is 0.112. The van der Waals surface area contributed by atoms with Gasteiger partial charge in [-0.1, -0.05) is 0 Å². The van der Waals surface area contributed by atoms with Gasteiger partial charge in [-0.05, 0) is 6.07 Å². The first-order valence-electron chi connectivity index (χ1n) is 3.48. The molecule has 60 valence electrons. The Morgan fingerprint density at radius 3 is 3.17 bits per heavy atom. The van der Waals surface area contributed by atoms with Crippen LogP contribution < -0.4 is 5.73 Å². The number of nitrogen functional groups attached to an aromatic ring is 1. The average Bonchev–Trinajstić information content (AvgIpc) is 2.49. The van der Waals surface area contributed by atoms with E-state index in [9.17, 15) is 4.79 Å². The van der Waals surface area contributed by atoms with Crippen LogP contribution in [0, 0.1) is 0 Å². The van der Waals surface area contributed by atoms with Gasteiger partial charge >= 0.3 is 0 Å². The van der Waals surface area contributed by atoms with Gasteiger partial charge in [-0.2, -0.15) is 0 Å². The van der Waals surface area contributed by atoms with E-state index >= 15 is 0 Å². The lowest BCUT2D eigenvalue weighted by Gasteiger charge is -1.98. The van der Waals surface area contributed by atoms with Crippen molar-refractivity contribution >= 4 is 17.6 Å². The number of nitrogens with zero attached hydrogens (tertiary/aromatic N) is 2. The molecule has 0 saturated carbocycles. The zero-order valence-corrected chi connectivity index (χ0v) is 6.27. The molecular weight excluding hydrogens is 154 g/mol. The molecule has 2 heterocycles. The van der Waals surface area contributed by atoms with E-state index in [1.54, 1.807) is 29.1 Å². The fraction of sp³-hybridized carbons (Fsp3) is 0. The van der Waals surface area contributed by atoms with Crippen molar-refractivity contribution in [3.05, 3.63) is 30.2 Å². The number of hydrogen-bond acceptors (Lipinski definition) is 3. The third kappa shape index (κ3) is 0.852. The summed E-state index contributed by atoms with van der Waals surface area (Å²) in [5, 5.41) is 0. The predicted octanol–water partition coefficient (Wildman–Crippen LogP) is 0.729. The molecule has 0 radical (unpaired) electrons. The molecule has 0 bridgehead atoms. The van der Waals surface area contributed by atoms with Crippen molar-refractivity contribution in [1.82, 2.24) is 9.38 Å². The summed E-state index contributed by atoms with van der Waals surface area (Å²) >= 11 is 0. The lowest BCUT2D eigenvalue weighted by Crippen LogP contribution is -1.96. The number of aromatic nitrogens is 2. The normalized spacial score (nSPS) is 10.3. The molecule has 0 aliphatic rings. The summed E-state index contributed by atoms with van der Waals surface area (Å²) in [6, 6.07) is 1.66. The molecule has 12 heavy (non-hydrogen) atoms. The van der Waals surface area contributed by atoms with Crippen molar-refractivity contribution in [2.75, 3.05) is 5.73 Å². The molecule has 2 aromatic rings. The van der Waals surface area contributed by atoms with E-state index < -0.39 is 0 Å². The topological polar surface area (TPSA) is 60.4 Å². The van der Waals surface area contributed by atoms with Crippen molar-refractivity contribution in [2.45, 2.75) is 0 Å². The number of nitrogens with two attached hydrogens (primary N) is 1. The average molecular weight is 161 g/mol. The third-order valence-corrected chi connectivity index (χ3v) is 1.72. The highest BCUT2D eigenvalue weighted by atomic mass is 16.1. The number of carbonyl (C=O) groups excluding carboxylic acids is 1. The summed E-state index contributed by atoms with van der Waals surface area (Å²) in [5.74, 6) is 0. The zero-order chi connectivity index (χ0) is 8.55. The maximum absolute atomic E-state index is 10.5. The van der Waals surface area contributed by atoms with Crippen LogP contribution in [0.5, 0.6) is 0 Å². The van der Waals surface area contributed by atoms with Crippen LogP contribution in [-0.4, -0.2) is 15.7 Å². The molecule has 0 atom stereocenters. The number of rotatable bonds is 1. The van der Waals surface area contributed by atoms with Crippen molar-refractivity contribution < 1.29 is 4.79 Å². The zero-order valence-electron chi connectivity index (χ0n) is 6.27. The monoisotopic (exact) mass is 161 g/mol. The fourth-order valence-electron chi connectivity index (χ4n) is 1.09. The van der Waals surface area contributed by atoms with Gasteiger partial charge in [-0.3, -0.25) is 4.79 Å². The SMILES string of the molecule is Nc1cn2ccnc2cc1C=O. The smallest absolute Gasteiger partial charge is 0.152 e. The number of hydrogen-bond donors (Lipinski definition) is 1. The third-order valence-electron chi connectivity index (χ3n) is 1.72. The van der Waals surface area contributed by atoms with Crippen LogP contribution >= 0.6 is 0 Å². The highest BCUT2D eigenvalue weighted by Crippen LogP contribution is 2.11. The molecule has 0 spiro atoms. The Kier molecular flexibility index (Phi) is 1.33. The summed E-state index contributed by atoms with van der Waals surface area (Å²) in [6.07, 6.45) is 5.83. The van der Waals surface area contributed by atoms with E-state index in [1.165, 1.54) is 0 Å². The molecule has 0 aliphatic heterocycles. The quantitative estimate of drug-likeness (QED) is 0.627. The summed E-state index contributed by atoms with van der Waals surface area (Å²) in [7, 11) is 0. The highest BCUT2D eigenvalue weighted by Gasteiger charge is 2.00. The Hall–Kier alpha value is -1.84. The van der Waals surface area contributed by atoms with Gasteiger partial charge in [0.1, 0.15) is 5.65 Å². The van der Waals surface area contributed by atoms with Crippen LogP contribution in [0.25, 0.3) is 5.65 Å².